The Morgan fingerprint density at radius 3 is 2.59 bits per heavy atom. The molecule has 17 heavy (non-hydrogen) atoms. The molecule has 1 saturated carbocycles. The van der Waals surface area contributed by atoms with Gasteiger partial charge in [-0.25, -0.2) is 0 Å². The summed E-state index contributed by atoms with van der Waals surface area (Å²) in [6.45, 7) is 5.02. The van der Waals surface area contributed by atoms with Crippen LogP contribution in [-0.4, -0.2) is 18.3 Å². The Morgan fingerprint density at radius 1 is 1.12 bits per heavy atom. The molecule has 1 aromatic rings. The molecule has 1 aromatic carbocycles. The molecule has 3 atom stereocenters. The number of rotatable bonds is 3. The molecule has 3 unspecified atom stereocenters. The smallest absolute Gasteiger partial charge is 0.0866 e. The monoisotopic (exact) mass is 232 g/mol. The lowest BCUT2D eigenvalue weighted by molar-refractivity contribution is 0.0212. The Labute approximate surface area is 103 Å². The zero-order valence-corrected chi connectivity index (χ0v) is 10.6. The molecule has 1 saturated heterocycles. The molecule has 2 heteroatoms. The van der Waals surface area contributed by atoms with Gasteiger partial charge in [0.15, 0.2) is 0 Å². The predicted molar refractivity (Wildman–Crippen MR) is 67.0 cm³/mol. The Hall–Kier alpha value is -0.860. The molecule has 0 radical (unpaired) electrons. The lowest BCUT2D eigenvalue weighted by Gasteiger charge is -2.19. The second-order valence-corrected chi connectivity index (χ2v) is 5.46. The first-order valence-electron chi connectivity index (χ1n) is 6.55. The van der Waals surface area contributed by atoms with Crippen LogP contribution in [-0.2, 0) is 16.1 Å². The van der Waals surface area contributed by atoms with Gasteiger partial charge in [0.25, 0.3) is 0 Å². The van der Waals surface area contributed by atoms with Crippen molar-refractivity contribution < 1.29 is 9.47 Å². The van der Waals surface area contributed by atoms with Gasteiger partial charge < -0.3 is 9.47 Å². The van der Waals surface area contributed by atoms with Crippen molar-refractivity contribution in [1.82, 2.24) is 0 Å². The highest BCUT2D eigenvalue weighted by molar-refractivity contribution is 5.28. The molecule has 2 nitrogen and oxygen atoms in total. The van der Waals surface area contributed by atoms with Crippen molar-refractivity contribution in [2.24, 2.45) is 0 Å². The summed E-state index contributed by atoms with van der Waals surface area (Å²) in [6, 6.07) is 6.63. The van der Waals surface area contributed by atoms with Crippen molar-refractivity contribution >= 4 is 0 Å². The zero-order valence-electron chi connectivity index (χ0n) is 10.6. The molecule has 0 amide bonds. The minimum absolute atomic E-state index is 0.402. The van der Waals surface area contributed by atoms with Crippen LogP contribution < -0.4 is 0 Å². The van der Waals surface area contributed by atoms with Crippen molar-refractivity contribution in [3.8, 4) is 0 Å². The highest BCUT2D eigenvalue weighted by Crippen LogP contribution is 2.37. The van der Waals surface area contributed by atoms with E-state index in [1.807, 2.05) is 0 Å². The first kappa shape index (κ1) is 11.2. The summed E-state index contributed by atoms with van der Waals surface area (Å²) in [7, 11) is 0. The number of hydrogen-bond acceptors (Lipinski definition) is 2. The quantitative estimate of drug-likeness (QED) is 0.747. The molecule has 1 aliphatic carbocycles. The second kappa shape index (κ2) is 4.43. The molecule has 0 N–H and O–H groups in total. The standard InChI is InChI=1S/C15H20O2/c1-10-5-11(2)7-12(6-10)9-16-13-3-4-14-15(8-13)17-14/h5-7,13-15H,3-4,8-9H2,1-2H3. The van der Waals surface area contributed by atoms with Crippen LogP contribution in [0.1, 0.15) is 36.0 Å². The number of aryl methyl sites for hydroxylation is 2. The molecule has 0 bridgehead atoms. The van der Waals surface area contributed by atoms with Gasteiger partial charge in [-0.3, -0.25) is 0 Å². The van der Waals surface area contributed by atoms with E-state index in [1.54, 1.807) is 0 Å². The second-order valence-electron chi connectivity index (χ2n) is 5.46. The molecule has 1 aliphatic heterocycles. The van der Waals surface area contributed by atoms with Crippen LogP contribution in [0.2, 0.25) is 0 Å². The van der Waals surface area contributed by atoms with Crippen molar-refractivity contribution in [2.45, 2.75) is 58.0 Å². The van der Waals surface area contributed by atoms with Crippen molar-refractivity contribution in [1.29, 1.82) is 0 Å². The number of fused-ring (bicyclic) bond motifs is 1. The number of benzene rings is 1. The van der Waals surface area contributed by atoms with E-state index in [0.29, 0.717) is 18.3 Å². The minimum atomic E-state index is 0.402. The minimum Gasteiger partial charge on any atom is -0.373 e. The van der Waals surface area contributed by atoms with Crippen LogP contribution >= 0.6 is 0 Å². The highest BCUT2D eigenvalue weighted by atomic mass is 16.6. The highest BCUT2D eigenvalue weighted by Gasteiger charge is 2.44. The van der Waals surface area contributed by atoms with Crippen molar-refractivity contribution in [3.63, 3.8) is 0 Å². The van der Waals surface area contributed by atoms with Gasteiger partial charge in [-0.15, -0.1) is 0 Å². The van der Waals surface area contributed by atoms with Crippen molar-refractivity contribution in [2.75, 3.05) is 0 Å². The third-order valence-corrected chi connectivity index (χ3v) is 3.72. The lowest BCUT2D eigenvalue weighted by Crippen LogP contribution is -2.21. The fourth-order valence-electron chi connectivity index (χ4n) is 2.89. The van der Waals surface area contributed by atoms with Gasteiger partial charge in [0.1, 0.15) is 0 Å². The summed E-state index contributed by atoms with van der Waals surface area (Å²) in [6.07, 6.45) is 4.91. The fourth-order valence-corrected chi connectivity index (χ4v) is 2.89. The Bertz CT molecular complexity index is 393. The van der Waals surface area contributed by atoms with E-state index in [0.717, 1.165) is 19.4 Å². The van der Waals surface area contributed by atoms with Crippen LogP contribution in [0.3, 0.4) is 0 Å². The molecular weight excluding hydrogens is 212 g/mol. The van der Waals surface area contributed by atoms with Crippen LogP contribution in [0.15, 0.2) is 18.2 Å². The van der Waals surface area contributed by atoms with Crippen LogP contribution in [0, 0.1) is 13.8 Å². The molecule has 2 aliphatic rings. The molecule has 3 rings (SSSR count). The third kappa shape index (κ3) is 2.70. The average molecular weight is 232 g/mol. The molecule has 0 aromatic heterocycles. The largest absolute Gasteiger partial charge is 0.373 e. The molecule has 0 spiro atoms. The van der Waals surface area contributed by atoms with Gasteiger partial charge in [0.05, 0.1) is 24.9 Å². The molecule has 2 fully saturated rings. The fraction of sp³-hybridized carbons (Fsp3) is 0.600. The Morgan fingerprint density at radius 2 is 1.88 bits per heavy atom. The first-order chi connectivity index (χ1) is 8.20. The summed E-state index contributed by atoms with van der Waals surface area (Å²) in [5, 5.41) is 0. The normalized spacial score (nSPS) is 31.1. The van der Waals surface area contributed by atoms with Gasteiger partial charge >= 0.3 is 0 Å². The van der Waals surface area contributed by atoms with E-state index in [1.165, 1.54) is 23.1 Å². The topological polar surface area (TPSA) is 21.8 Å². The molecule has 1 heterocycles. The molecular formula is C15H20O2. The average Bonchev–Trinajstić information content (AvgIpc) is 3.03. The van der Waals surface area contributed by atoms with Gasteiger partial charge in [-0.05, 0) is 32.3 Å². The van der Waals surface area contributed by atoms with Crippen molar-refractivity contribution in [3.05, 3.63) is 34.9 Å². The number of epoxide rings is 1. The Balaban J connectivity index is 1.55. The van der Waals surface area contributed by atoms with E-state index in [9.17, 15) is 0 Å². The summed E-state index contributed by atoms with van der Waals surface area (Å²) < 4.78 is 11.5. The summed E-state index contributed by atoms with van der Waals surface area (Å²) in [4.78, 5) is 0. The van der Waals surface area contributed by atoms with Crippen LogP contribution in [0.25, 0.3) is 0 Å². The van der Waals surface area contributed by atoms with Gasteiger partial charge in [-0.2, -0.15) is 0 Å². The lowest BCUT2D eigenvalue weighted by atomic mass is 9.98. The maximum absolute atomic E-state index is 6.00. The number of ether oxygens (including phenoxy) is 2. The maximum atomic E-state index is 6.00. The van der Waals surface area contributed by atoms with E-state index in [-0.39, 0.29) is 0 Å². The van der Waals surface area contributed by atoms with E-state index < -0.39 is 0 Å². The van der Waals surface area contributed by atoms with Crippen LogP contribution in [0.4, 0.5) is 0 Å². The predicted octanol–water partition coefficient (Wildman–Crippen LogP) is 3.14. The van der Waals surface area contributed by atoms with Gasteiger partial charge in [0, 0.05) is 6.42 Å². The van der Waals surface area contributed by atoms with Gasteiger partial charge in [0.2, 0.25) is 0 Å². The maximum Gasteiger partial charge on any atom is 0.0866 e. The SMILES string of the molecule is Cc1cc(C)cc(COC2CCC3OC3C2)c1. The third-order valence-electron chi connectivity index (χ3n) is 3.72. The summed E-state index contributed by atoms with van der Waals surface area (Å²) in [5.74, 6) is 0. The zero-order chi connectivity index (χ0) is 11.8. The molecule has 92 valence electrons. The van der Waals surface area contributed by atoms with Gasteiger partial charge in [-0.1, -0.05) is 29.3 Å². The first-order valence-corrected chi connectivity index (χ1v) is 6.55. The summed E-state index contributed by atoms with van der Waals surface area (Å²) in [5.41, 5.74) is 3.93. The van der Waals surface area contributed by atoms with E-state index in [4.69, 9.17) is 9.47 Å². The summed E-state index contributed by atoms with van der Waals surface area (Å²) >= 11 is 0. The Kier molecular flexibility index (Phi) is 2.93. The van der Waals surface area contributed by atoms with Crippen LogP contribution in [0.5, 0.6) is 0 Å². The number of hydrogen-bond donors (Lipinski definition) is 0. The van der Waals surface area contributed by atoms with E-state index in [2.05, 4.69) is 32.0 Å². The van der Waals surface area contributed by atoms with E-state index >= 15 is 0 Å².